The molecule has 0 aliphatic rings. The van der Waals surface area contributed by atoms with E-state index in [1.165, 1.54) is 25.7 Å². The molecule has 0 amide bonds. The molecule has 0 saturated carbocycles. The molecule has 0 spiro atoms. The van der Waals surface area contributed by atoms with Crippen LogP contribution < -0.4 is 0 Å². The molecule has 29 heavy (non-hydrogen) atoms. The minimum absolute atomic E-state index is 0. The van der Waals surface area contributed by atoms with Crippen LogP contribution in [0.25, 0.3) is 0 Å². The van der Waals surface area contributed by atoms with Gasteiger partial charge in [-0.15, -0.1) is 0 Å². The van der Waals surface area contributed by atoms with Gasteiger partial charge < -0.3 is 30.3 Å². The summed E-state index contributed by atoms with van der Waals surface area (Å²) in [5.74, 6) is -4.20. The second-order valence-electron chi connectivity index (χ2n) is 6.88. The number of esters is 2. The van der Waals surface area contributed by atoms with Gasteiger partial charge in [-0.3, -0.25) is 9.59 Å². The van der Waals surface area contributed by atoms with E-state index in [-0.39, 0.29) is 36.0 Å². The van der Waals surface area contributed by atoms with Crippen molar-refractivity contribution in [1.29, 1.82) is 0 Å². The predicted octanol–water partition coefficient (Wildman–Crippen LogP) is -0.666. The molecule has 166 valence electrons. The van der Waals surface area contributed by atoms with E-state index < -0.39 is 48.7 Å². The standard InChI is InChI=1S/C19H34O9.Na.H/c1-2-3-4-5-6-7-8-9-10-11-14(22)28-19(27)18(26)17(25)16(24)15(23)13(21)12-20;;/h13,15-17,20-21,23-25H,2-12H2,1H3;;/t13-,15-,16+,17-;;/m1../s1. The third kappa shape index (κ3) is 13.5. The van der Waals surface area contributed by atoms with Crippen molar-refractivity contribution in [1.82, 2.24) is 0 Å². The molecule has 5 N–H and O–H groups in total. The molecular formula is C19H35NaO9. The molecule has 0 aromatic heterocycles. The van der Waals surface area contributed by atoms with Gasteiger partial charge in [0.2, 0.25) is 0 Å². The topological polar surface area (TPSA) is 162 Å². The normalized spacial score (nSPS) is 15.0. The molecule has 0 rings (SSSR count). The van der Waals surface area contributed by atoms with E-state index in [0.717, 1.165) is 25.7 Å². The summed E-state index contributed by atoms with van der Waals surface area (Å²) in [4.78, 5) is 34.8. The summed E-state index contributed by atoms with van der Waals surface area (Å²) in [6, 6.07) is 0. The zero-order chi connectivity index (χ0) is 21.5. The van der Waals surface area contributed by atoms with Crippen LogP contribution in [0.5, 0.6) is 0 Å². The van der Waals surface area contributed by atoms with Crippen molar-refractivity contribution < 1.29 is 44.7 Å². The van der Waals surface area contributed by atoms with Gasteiger partial charge in [0, 0.05) is 6.42 Å². The van der Waals surface area contributed by atoms with E-state index in [1.807, 2.05) is 0 Å². The summed E-state index contributed by atoms with van der Waals surface area (Å²) in [5.41, 5.74) is 0. The van der Waals surface area contributed by atoms with Gasteiger partial charge in [0.25, 0.3) is 5.78 Å². The van der Waals surface area contributed by atoms with Crippen LogP contribution >= 0.6 is 0 Å². The third-order valence-electron chi connectivity index (χ3n) is 4.42. The number of ether oxygens (including phenoxy) is 1. The van der Waals surface area contributed by atoms with Gasteiger partial charge >= 0.3 is 41.5 Å². The number of hydrogen-bond donors (Lipinski definition) is 5. The SMILES string of the molecule is CCCCCCCCCCCC(=O)OC(=O)C(=O)[C@H](O)[C@@H](O)[C@H](O)[C@H](O)CO.[NaH]. The van der Waals surface area contributed by atoms with Crippen LogP contribution in [0.1, 0.15) is 71.1 Å². The molecule has 10 heteroatoms. The number of carbonyl (C=O) groups is 3. The Morgan fingerprint density at radius 1 is 0.793 bits per heavy atom. The number of carbonyl (C=O) groups excluding carboxylic acids is 3. The number of rotatable bonds is 16. The summed E-state index contributed by atoms with van der Waals surface area (Å²) < 4.78 is 4.33. The molecule has 4 atom stereocenters. The average Bonchev–Trinajstić information content (AvgIpc) is 2.69. The Balaban J connectivity index is 0. The predicted molar refractivity (Wildman–Crippen MR) is 106 cm³/mol. The fraction of sp³-hybridized carbons (Fsp3) is 0.842. The summed E-state index contributed by atoms with van der Waals surface area (Å²) in [7, 11) is 0. The molecule has 0 unspecified atom stereocenters. The average molecular weight is 430 g/mol. The Morgan fingerprint density at radius 3 is 1.76 bits per heavy atom. The number of aliphatic hydroxyl groups is 5. The summed E-state index contributed by atoms with van der Waals surface area (Å²) in [5, 5.41) is 46.4. The van der Waals surface area contributed by atoms with Crippen LogP contribution in [-0.4, -0.2) is 104 Å². The van der Waals surface area contributed by atoms with Gasteiger partial charge in [0.1, 0.15) is 18.3 Å². The summed E-state index contributed by atoms with van der Waals surface area (Å²) >= 11 is 0. The first kappa shape index (κ1) is 30.8. The van der Waals surface area contributed by atoms with Gasteiger partial charge in [-0.2, -0.15) is 0 Å². The molecule has 0 saturated heterocycles. The van der Waals surface area contributed by atoms with Crippen LogP contribution in [-0.2, 0) is 19.1 Å². The van der Waals surface area contributed by atoms with E-state index in [9.17, 15) is 34.8 Å². The van der Waals surface area contributed by atoms with Crippen LogP contribution in [0, 0.1) is 0 Å². The van der Waals surface area contributed by atoms with Crippen LogP contribution in [0.4, 0.5) is 0 Å². The Labute approximate surface area is 193 Å². The first-order chi connectivity index (χ1) is 13.3. The molecule has 0 aromatic rings. The molecular weight excluding hydrogens is 395 g/mol. The van der Waals surface area contributed by atoms with Gasteiger partial charge in [-0.1, -0.05) is 58.3 Å². The minimum atomic E-state index is -2.40. The Hall–Kier alpha value is -0.390. The summed E-state index contributed by atoms with van der Waals surface area (Å²) in [6.07, 6.45) is 0.781. The van der Waals surface area contributed by atoms with Gasteiger partial charge in [-0.05, 0) is 6.42 Å². The first-order valence-corrected chi connectivity index (χ1v) is 9.88. The van der Waals surface area contributed by atoms with Crippen molar-refractivity contribution in [2.45, 2.75) is 95.5 Å². The zero-order valence-corrected chi connectivity index (χ0v) is 16.5. The van der Waals surface area contributed by atoms with Crippen molar-refractivity contribution in [3.63, 3.8) is 0 Å². The van der Waals surface area contributed by atoms with Crippen molar-refractivity contribution in [2.24, 2.45) is 0 Å². The Kier molecular flexibility index (Phi) is 19.5. The van der Waals surface area contributed by atoms with Crippen LogP contribution in [0.15, 0.2) is 0 Å². The van der Waals surface area contributed by atoms with E-state index >= 15 is 0 Å². The van der Waals surface area contributed by atoms with Crippen molar-refractivity contribution in [2.75, 3.05) is 6.61 Å². The molecule has 9 nitrogen and oxygen atoms in total. The second kappa shape index (κ2) is 18.4. The van der Waals surface area contributed by atoms with Gasteiger partial charge in [-0.25, -0.2) is 4.79 Å². The molecule has 0 aliphatic carbocycles. The molecule has 0 radical (unpaired) electrons. The quantitative estimate of drug-likeness (QED) is 0.0703. The number of aliphatic hydroxyl groups excluding tert-OH is 5. The van der Waals surface area contributed by atoms with E-state index in [0.29, 0.717) is 6.42 Å². The molecule has 0 bridgehead atoms. The number of hydrogen-bond acceptors (Lipinski definition) is 9. The number of ketones is 1. The molecule has 0 heterocycles. The fourth-order valence-corrected chi connectivity index (χ4v) is 2.58. The van der Waals surface area contributed by atoms with Gasteiger partial charge in [0.05, 0.1) is 6.61 Å². The van der Waals surface area contributed by atoms with E-state index in [4.69, 9.17) is 5.11 Å². The third-order valence-corrected chi connectivity index (χ3v) is 4.42. The molecule has 0 aliphatic heterocycles. The monoisotopic (exact) mass is 430 g/mol. The second-order valence-corrected chi connectivity index (χ2v) is 6.88. The van der Waals surface area contributed by atoms with Crippen LogP contribution in [0.2, 0.25) is 0 Å². The van der Waals surface area contributed by atoms with Gasteiger partial charge in [0.15, 0.2) is 6.10 Å². The Bertz CT molecular complexity index is 473. The molecule has 0 aromatic carbocycles. The Morgan fingerprint density at radius 2 is 1.28 bits per heavy atom. The van der Waals surface area contributed by atoms with Crippen molar-refractivity contribution in [3.05, 3.63) is 0 Å². The van der Waals surface area contributed by atoms with Crippen molar-refractivity contribution in [3.8, 4) is 0 Å². The van der Waals surface area contributed by atoms with Crippen molar-refractivity contribution >= 4 is 47.3 Å². The van der Waals surface area contributed by atoms with E-state index in [1.54, 1.807) is 0 Å². The van der Waals surface area contributed by atoms with Crippen LogP contribution in [0.3, 0.4) is 0 Å². The number of unbranched alkanes of at least 4 members (excludes halogenated alkanes) is 8. The first-order valence-electron chi connectivity index (χ1n) is 9.88. The summed E-state index contributed by atoms with van der Waals surface area (Å²) in [6.45, 7) is 1.23. The fourth-order valence-electron chi connectivity index (χ4n) is 2.58. The maximum absolute atomic E-state index is 11.7. The molecule has 0 fully saturated rings. The van der Waals surface area contributed by atoms with E-state index in [2.05, 4.69) is 11.7 Å². The zero-order valence-electron chi connectivity index (χ0n) is 16.5. The number of Topliss-reactive ketones (excluding diaryl/α,β-unsaturated/α-hetero) is 1. The maximum atomic E-state index is 11.7.